The molecule has 2 rings (SSSR count). The summed E-state index contributed by atoms with van der Waals surface area (Å²) in [7, 11) is 3.09. The standard InChI is InChI=1S/C18H20ClNO4/c1-4-12-9-14(5-7-15(12)19)24-11-18(21)20-16-10-13(22-2)6-8-17(16)23-3/h5-10H,4,11H2,1-3H3,(H,20,21). The van der Waals surface area contributed by atoms with E-state index in [1.165, 1.54) is 7.11 Å². The Balaban J connectivity index is 2.01. The second kappa shape index (κ2) is 8.45. The van der Waals surface area contributed by atoms with Gasteiger partial charge in [0.05, 0.1) is 19.9 Å². The number of ether oxygens (including phenoxy) is 3. The van der Waals surface area contributed by atoms with Crippen LogP contribution in [0.15, 0.2) is 36.4 Å². The Morgan fingerprint density at radius 1 is 1.08 bits per heavy atom. The van der Waals surface area contributed by atoms with Crippen LogP contribution >= 0.6 is 11.6 Å². The van der Waals surface area contributed by atoms with Crippen molar-refractivity contribution in [3.63, 3.8) is 0 Å². The van der Waals surface area contributed by atoms with E-state index in [0.717, 1.165) is 12.0 Å². The van der Waals surface area contributed by atoms with Gasteiger partial charge in [0.2, 0.25) is 0 Å². The van der Waals surface area contributed by atoms with Gasteiger partial charge in [-0.3, -0.25) is 4.79 Å². The highest BCUT2D eigenvalue weighted by Crippen LogP contribution is 2.29. The summed E-state index contributed by atoms with van der Waals surface area (Å²) < 4.78 is 15.9. The maximum atomic E-state index is 12.1. The zero-order chi connectivity index (χ0) is 17.5. The largest absolute Gasteiger partial charge is 0.497 e. The predicted octanol–water partition coefficient (Wildman–Crippen LogP) is 3.94. The van der Waals surface area contributed by atoms with E-state index in [1.54, 1.807) is 37.4 Å². The third kappa shape index (κ3) is 4.55. The molecule has 1 N–H and O–H groups in total. The van der Waals surface area contributed by atoms with Gasteiger partial charge in [-0.2, -0.15) is 0 Å². The fourth-order valence-electron chi connectivity index (χ4n) is 2.16. The molecule has 0 heterocycles. The molecule has 0 fully saturated rings. The molecule has 24 heavy (non-hydrogen) atoms. The van der Waals surface area contributed by atoms with Crippen molar-refractivity contribution in [3.05, 3.63) is 47.0 Å². The van der Waals surface area contributed by atoms with Crippen molar-refractivity contribution in [1.29, 1.82) is 0 Å². The summed E-state index contributed by atoms with van der Waals surface area (Å²) in [5.41, 5.74) is 1.50. The van der Waals surface area contributed by atoms with E-state index >= 15 is 0 Å². The molecule has 0 radical (unpaired) electrons. The van der Waals surface area contributed by atoms with Crippen molar-refractivity contribution < 1.29 is 19.0 Å². The number of aryl methyl sites for hydroxylation is 1. The molecule has 0 aliphatic heterocycles. The molecule has 128 valence electrons. The number of hydrogen-bond acceptors (Lipinski definition) is 4. The van der Waals surface area contributed by atoms with Crippen LogP contribution in [0, 0.1) is 0 Å². The van der Waals surface area contributed by atoms with Gasteiger partial charge >= 0.3 is 0 Å². The first-order valence-corrected chi connectivity index (χ1v) is 7.88. The van der Waals surface area contributed by atoms with E-state index < -0.39 is 0 Å². The number of carbonyl (C=O) groups is 1. The van der Waals surface area contributed by atoms with Crippen molar-refractivity contribution in [1.82, 2.24) is 0 Å². The van der Waals surface area contributed by atoms with Crippen molar-refractivity contribution in [3.8, 4) is 17.2 Å². The zero-order valence-electron chi connectivity index (χ0n) is 13.9. The number of carbonyl (C=O) groups excluding carboxylic acids is 1. The molecule has 1 amide bonds. The summed E-state index contributed by atoms with van der Waals surface area (Å²) in [6.07, 6.45) is 0.795. The van der Waals surface area contributed by atoms with Gasteiger partial charge in [-0.05, 0) is 42.3 Å². The van der Waals surface area contributed by atoms with E-state index in [2.05, 4.69) is 5.32 Å². The molecule has 2 aromatic carbocycles. The minimum absolute atomic E-state index is 0.120. The van der Waals surface area contributed by atoms with Gasteiger partial charge < -0.3 is 19.5 Å². The third-order valence-electron chi connectivity index (χ3n) is 3.45. The number of benzene rings is 2. The molecule has 5 nitrogen and oxygen atoms in total. The number of rotatable bonds is 7. The molecular formula is C18H20ClNO4. The second-order valence-electron chi connectivity index (χ2n) is 5.01. The molecule has 2 aromatic rings. The van der Waals surface area contributed by atoms with E-state index in [-0.39, 0.29) is 12.5 Å². The van der Waals surface area contributed by atoms with Crippen LogP contribution in [0.25, 0.3) is 0 Å². The minimum atomic E-state index is -0.297. The SMILES string of the molecule is CCc1cc(OCC(=O)Nc2cc(OC)ccc2OC)ccc1Cl. The van der Waals surface area contributed by atoms with E-state index in [1.807, 2.05) is 13.0 Å². The number of methoxy groups -OCH3 is 2. The number of hydrogen-bond donors (Lipinski definition) is 1. The van der Waals surface area contributed by atoms with Crippen LogP contribution in [0.3, 0.4) is 0 Å². The lowest BCUT2D eigenvalue weighted by Gasteiger charge is -2.12. The maximum Gasteiger partial charge on any atom is 0.262 e. The van der Waals surface area contributed by atoms with E-state index in [9.17, 15) is 4.79 Å². The van der Waals surface area contributed by atoms with Gasteiger partial charge in [0.15, 0.2) is 6.61 Å². The van der Waals surface area contributed by atoms with Gasteiger partial charge in [-0.25, -0.2) is 0 Å². The maximum absolute atomic E-state index is 12.1. The van der Waals surface area contributed by atoms with Crippen LogP contribution in [0.4, 0.5) is 5.69 Å². The Hall–Kier alpha value is -2.40. The molecule has 0 aliphatic carbocycles. The highest BCUT2D eigenvalue weighted by Gasteiger charge is 2.10. The van der Waals surface area contributed by atoms with Gasteiger partial charge in [-0.1, -0.05) is 18.5 Å². The average Bonchev–Trinajstić information content (AvgIpc) is 2.60. The highest BCUT2D eigenvalue weighted by atomic mass is 35.5. The summed E-state index contributed by atoms with van der Waals surface area (Å²) >= 11 is 6.07. The highest BCUT2D eigenvalue weighted by molar-refractivity contribution is 6.31. The van der Waals surface area contributed by atoms with Gasteiger partial charge in [-0.15, -0.1) is 0 Å². The molecule has 6 heteroatoms. The van der Waals surface area contributed by atoms with Crippen LogP contribution < -0.4 is 19.5 Å². The van der Waals surface area contributed by atoms with Gasteiger partial charge in [0, 0.05) is 11.1 Å². The first-order valence-electron chi connectivity index (χ1n) is 7.50. The van der Waals surface area contributed by atoms with Crippen LogP contribution in [0.1, 0.15) is 12.5 Å². The summed E-state index contributed by atoms with van der Waals surface area (Å²) in [5.74, 6) is 1.47. The molecular weight excluding hydrogens is 330 g/mol. The second-order valence-corrected chi connectivity index (χ2v) is 5.42. The average molecular weight is 350 g/mol. The van der Waals surface area contributed by atoms with Crippen molar-refractivity contribution in [2.24, 2.45) is 0 Å². The van der Waals surface area contributed by atoms with Crippen LogP contribution in [0.2, 0.25) is 5.02 Å². The van der Waals surface area contributed by atoms with Crippen LogP contribution in [0.5, 0.6) is 17.2 Å². The lowest BCUT2D eigenvalue weighted by Crippen LogP contribution is -2.20. The molecule has 0 saturated heterocycles. The molecule has 0 atom stereocenters. The quantitative estimate of drug-likeness (QED) is 0.822. The van der Waals surface area contributed by atoms with Crippen LogP contribution in [-0.2, 0) is 11.2 Å². The normalized spacial score (nSPS) is 10.2. The molecule has 0 aromatic heterocycles. The fraction of sp³-hybridized carbons (Fsp3) is 0.278. The first kappa shape index (κ1) is 17.9. The Bertz CT molecular complexity index is 718. The van der Waals surface area contributed by atoms with Gasteiger partial charge in [0.25, 0.3) is 5.91 Å². The number of amides is 1. The number of nitrogens with one attached hydrogen (secondary N) is 1. The molecule has 0 aliphatic rings. The fourth-order valence-corrected chi connectivity index (χ4v) is 2.41. The van der Waals surface area contributed by atoms with Crippen LogP contribution in [-0.4, -0.2) is 26.7 Å². The summed E-state index contributed by atoms with van der Waals surface area (Å²) in [4.78, 5) is 12.1. The molecule has 0 spiro atoms. The third-order valence-corrected chi connectivity index (χ3v) is 3.82. The summed E-state index contributed by atoms with van der Waals surface area (Å²) in [6, 6.07) is 10.5. The van der Waals surface area contributed by atoms with E-state index in [4.69, 9.17) is 25.8 Å². The Morgan fingerprint density at radius 2 is 1.83 bits per heavy atom. The Morgan fingerprint density at radius 3 is 2.50 bits per heavy atom. The van der Waals surface area contributed by atoms with Crippen molar-refractivity contribution in [2.45, 2.75) is 13.3 Å². The molecule has 0 saturated carbocycles. The smallest absolute Gasteiger partial charge is 0.262 e. The minimum Gasteiger partial charge on any atom is -0.497 e. The topological polar surface area (TPSA) is 56.8 Å². The van der Waals surface area contributed by atoms with E-state index in [0.29, 0.717) is 28.0 Å². The lowest BCUT2D eigenvalue weighted by molar-refractivity contribution is -0.118. The Labute approximate surface area is 146 Å². The van der Waals surface area contributed by atoms with Crippen molar-refractivity contribution in [2.75, 3.05) is 26.1 Å². The Kier molecular flexibility index (Phi) is 6.32. The lowest BCUT2D eigenvalue weighted by atomic mass is 10.1. The zero-order valence-corrected chi connectivity index (χ0v) is 14.6. The predicted molar refractivity (Wildman–Crippen MR) is 94.5 cm³/mol. The molecule has 0 unspecified atom stereocenters. The first-order chi connectivity index (χ1) is 11.6. The van der Waals surface area contributed by atoms with Crippen molar-refractivity contribution >= 4 is 23.2 Å². The summed E-state index contributed by atoms with van der Waals surface area (Å²) in [6.45, 7) is 1.89. The van der Waals surface area contributed by atoms with Gasteiger partial charge in [0.1, 0.15) is 17.2 Å². The summed E-state index contributed by atoms with van der Waals surface area (Å²) in [5, 5.41) is 3.44. The monoisotopic (exact) mass is 349 g/mol. The molecule has 0 bridgehead atoms. The number of halogens is 1. The number of anilines is 1.